The van der Waals surface area contributed by atoms with Crippen molar-refractivity contribution in [1.82, 2.24) is 0 Å². The molecule has 0 aromatic carbocycles. The molecule has 0 saturated carbocycles. The molecule has 1 aliphatic heterocycles. The van der Waals surface area contributed by atoms with Gasteiger partial charge in [0, 0.05) is 0 Å². The van der Waals surface area contributed by atoms with Crippen LogP contribution in [0.3, 0.4) is 0 Å². The maximum Gasteiger partial charge on any atom is 0.339 e. The Morgan fingerprint density at radius 3 is 2.76 bits per heavy atom. The molecule has 2 heterocycles. The standard InChI is InChI=1S/C12H16O4S/c1-4-12(10(13)14)9(8-5-6-17-7-8)15-11(2,3)16-12/h5-7,9H,4H2,1-3H3,(H,13,14)/t9-,12+/m0/s1. The van der Waals surface area contributed by atoms with Crippen LogP contribution in [-0.4, -0.2) is 22.5 Å². The van der Waals surface area contributed by atoms with Crippen molar-refractivity contribution in [1.29, 1.82) is 0 Å². The Balaban J connectivity index is 2.44. The molecule has 94 valence electrons. The summed E-state index contributed by atoms with van der Waals surface area (Å²) < 4.78 is 11.4. The molecule has 1 fully saturated rings. The quantitative estimate of drug-likeness (QED) is 0.903. The first kappa shape index (κ1) is 12.5. The Kier molecular flexibility index (Phi) is 3.01. The molecule has 1 saturated heterocycles. The fraction of sp³-hybridized carbons (Fsp3) is 0.583. The maximum atomic E-state index is 11.5. The second-order valence-corrected chi connectivity index (χ2v) is 5.38. The van der Waals surface area contributed by atoms with Gasteiger partial charge in [0.25, 0.3) is 0 Å². The highest BCUT2D eigenvalue weighted by Crippen LogP contribution is 2.48. The molecule has 1 N–H and O–H groups in total. The van der Waals surface area contributed by atoms with Crippen molar-refractivity contribution in [2.45, 2.75) is 44.7 Å². The van der Waals surface area contributed by atoms with E-state index in [0.717, 1.165) is 5.56 Å². The smallest absolute Gasteiger partial charge is 0.339 e. The minimum atomic E-state index is -1.29. The zero-order valence-corrected chi connectivity index (χ0v) is 10.9. The van der Waals surface area contributed by atoms with E-state index in [1.54, 1.807) is 20.8 Å². The summed E-state index contributed by atoms with van der Waals surface area (Å²) in [5, 5.41) is 13.3. The van der Waals surface area contributed by atoms with Crippen LogP contribution in [0.4, 0.5) is 0 Å². The molecule has 0 spiro atoms. The highest BCUT2D eigenvalue weighted by Gasteiger charge is 2.58. The third-order valence-corrected chi connectivity index (χ3v) is 3.69. The first-order valence-corrected chi connectivity index (χ1v) is 6.49. The number of rotatable bonds is 3. The van der Waals surface area contributed by atoms with E-state index in [1.807, 2.05) is 16.8 Å². The molecule has 2 rings (SSSR count). The lowest BCUT2D eigenvalue weighted by Crippen LogP contribution is -2.43. The van der Waals surface area contributed by atoms with E-state index in [-0.39, 0.29) is 0 Å². The summed E-state index contributed by atoms with van der Waals surface area (Å²) in [5.41, 5.74) is -0.422. The van der Waals surface area contributed by atoms with E-state index >= 15 is 0 Å². The molecule has 2 atom stereocenters. The maximum absolute atomic E-state index is 11.5. The van der Waals surface area contributed by atoms with Crippen molar-refractivity contribution in [3.63, 3.8) is 0 Å². The van der Waals surface area contributed by atoms with Gasteiger partial charge in [-0.1, -0.05) is 6.92 Å². The average molecular weight is 256 g/mol. The zero-order chi connectivity index (χ0) is 12.7. The molecule has 1 aromatic heterocycles. The van der Waals surface area contributed by atoms with Crippen LogP contribution in [-0.2, 0) is 14.3 Å². The van der Waals surface area contributed by atoms with Gasteiger partial charge in [-0.3, -0.25) is 0 Å². The van der Waals surface area contributed by atoms with Gasteiger partial charge in [0.15, 0.2) is 11.4 Å². The summed E-state index contributed by atoms with van der Waals surface area (Å²) in [5.74, 6) is -1.84. The summed E-state index contributed by atoms with van der Waals surface area (Å²) in [4.78, 5) is 11.5. The van der Waals surface area contributed by atoms with Crippen LogP contribution in [0, 0.1) is 0 Å². The lowest BCUT2D eigenvalue weighted by Gasteiger charge is -2.26. The predicted octanol–water partition coefficient (Wildman–Crippen LogP) is 2.81. The number of thiophene rings is 1. The van der Waals surface area contributed by atoms with Crippen LogP contribution in [0.15, 0.2) is 16.8 Å². The fourth-order valence-electron chi connectivity index (χ4n) is 2.22. The van der Waals surface area contributed by atoms with Crippen molar-refractivity contribution in [3.8, 4) is 0 Å². The number of aliphatic carboxylic acids is 1. The van der Waals surface area contributed by atoms with Gasteiger partial charge in [-0.2, -0.15) is 11.3 Å². The monoisotopic (exact) mass is 256 g/mol. The number of hydrogen-bond acceptors (Lipinski definition) is 4. The molecule has 5 heteroatoms. The number of hydrogen-bond donors (Lipinski definition) is 1. The van der Waals surface area contributed by atoms with E-state index in [1.165, 1.54) is 11.3 Å². The molecular formula is C12H16O4S. The largest absolute Gasteiger partial charge is 0.479 e. The van der Waals surface area contributed by atoms with Gasteiger partial charge < -0.3 is 14.6 Å². The van der Waals surface area contributed by atoms with Crippen LogP contribution in [0.25, 0.3) is 0 Å². The predicted molar refractivity (Wildman–Crippen MR) is 64.0 cm³/mol. The summed E-state index contributed by atoms with van der Waals surface area (Å²) in [7, 11) is 0. The SMILES string of the molecule is CC[C@@]1(C(=O)O)OC(C)(C)O[C@H]1c1ccsc1. The highest BCUT2D eigenvalue weighted by molar-refractivity contribution is 7.07. The van der Waals surface area contributed by atoms with Crippen LogP contribution >= 0.6 is 11.3 Å². The van der Waals surface area contributed by atoms with Crippen LogP contribution in [0.1, 0.15) is 38.9 Å². The van der Waals surface area contributed by atoms with Crippen LogP contribution in [0.5, 0.6) is 0 Å². The first-order valence-electron chi connectivity index (χ1n) is 5.55. The molecule has 0 bridgehead atoms. The van der Waals surface area contributed by atoms with Crippen molar-refractivity contribution in [3.05, 3.63) is 22.4 Å². The molecule has 0 unspecified atom stereocenters. The summed E-state index contributed by atoms with van der Waals surface area (Å²) >= 11 is 1.52. The van der Waals surface area contributed by atoms with E-state index in [4.69, 9.17) is 9.47 Å². The van der Waals surface area contributed by atoms with Gasteiger partial charge in [0.05, 0.1) is 0 Å². The van der Waals surface area contributed by atoms with Gasteiger partial charge >= 0.3 is 5.97 Å². The third kappa shape index (κ3) is 1.99. The molecule has 1 aromatic rings. The summed E-state index contributed by atoms with van der Waals surface area (Å²) in [6.45, 7) is 5.29. The van der Waals surface area contributed by atoms with Gasteiger partial charge in [-0.05, 0) is 42.7 Å². The van der Waals surface area contributed by atoms with Gasteiger partial charge in [-0.15, -0.1) is 0 Å². The molecule has 0 aliphatic carbocycles. The van der Waals surface area contributed by atoms with Gasteiger partial charge in [0.2, 0.25) is 0 Å². The Morgan fingerprint density at radius 2 is 2.29 bits per heavy atom. The van der Waals surface area contributed by atoms with Crippen molar-refractivity contribution >= 4 is 17.3 Å². The first-order chi connectivity index (χ1) is 7.91. The summed E-state index contributed by atoms with van der Waals surface area (Å²) in [6, 6.07) is 1.88. The summed E-state index contributed by atoms with van der Waals surface area (Å²) in [6.07, 6.45) is -0.182. The molecule has 17 heavy (non-hydrogen) atoms. The second-order valence-electron chi connectivity index (χ2n) is 4.60. The fourth-order valence-corrected chi connectivity index (χ4v) is 2.89. The Labute approximate surface area is 104 Å². The van der Waals surface area contributed by atoms with Crippen molar-refractivity contribution in [2.24, 2.45) is 0 Å². The topological polar surface area (TPSA) is 55.8 Å². The number of carboxylic acids is 1. The van der Waals surface area contributed by atoms with E-state index in [0.29, 0.717) is 6.42 Å². The van der Waals surface area contributed by atoms with E-state index in [9.17, 15) is 9.90 Å². The molecule has 0 amide bonds. The number of ether oxygens (including phenoxy) is 2. The molecule has 4 nitrogen and oxygen atoms in total. The normalized spacial score (nSPS) is 31.6. The lowest BCUT2D eigenvalue weighted by atomic mass is 9.90. The van der Waals surface area contributed by atoms with Gasteiger partial charge in [-0.25, -0.2) is 4.79 Å². The van der Waals surface area contributed by atoms with Crippen LogP contribution < -0.4 is 0 Å². The van der Waals surface area contributed by atoms with Gasteiger partial charge in [0.1, 0.15) is 6.10 Å². The van der Waals surface area contributed by atoms with Crippen molar-refractivity contribution in [2.75, 3.05) is 0 Å². The lowest BCUT2D eigenvalue weighted by molar-refractivity contribution is -0.185. The molecule has 1 aliphatic rings. The number of carboxylic acid groups (broad SMARTS) is 1. The van der Waals surface area contributed by atoms with E-state index in [2.05, 4.69) is 0 Å². The highest BCUT2D eigenvalue weighted by atomic mass is 32.1. The second kappa shape index (κ2) is 4.08. The Bertz CT molecular complexity index is 412. The minimum absolute atomic E-state index is 0.367. The molecule has 0 radical (unpaired) electrons. The Morgan fingerprint density at radius 1 is 1.59 bits per heavy atom. The third-order valence-electron chi connectivity index (χ3n) is 2.99. The Hall–Kier alpha value is -0.910. The van der Waals surface area contributed by atoms with Crippen LogP contribution in [0.2, 0.25) is 0 Å². The van der Waals surface area contributed by atoms with E-state index < -0.39 is 23.5 Å². The minimum Gasteiger partial charge on any atom is -0.479 e. The van der Waals surface area contributed by atoms with Crippen molar-refractivity contribution < 1.29 is 19.4 Å². The average Bonchev–Trinajstić information content (AvgIpc) is 2.82. The number of carbonyl (C=O) groups is 1. The zero-order valence-electron chi connectivity index (χ0n) is 10.1. The molecular weight excluding hydrogens is 240 g/mol.